The van der Waals surface area contributed by atoms with Gasteiger partial charge in [0.2, 0.25) is 0 Å². The van der Waals surface area contributed by atoms with E-state index in [0.717, 1.165) is 12.3 Å². The Balaban J connectivity index is 1.92. The van der Waals surface area contributed by atoms with Crippen LogP contribution in [0.5, 0.6) is 0 Å². The molecule has 1 atom stereocenters. The highest BCUT2D eigenvalue weighted by molar-refractivity contribution is 7.09. The van der Waals surface area contributed by atoms with Crippen LogP contribution in [0.25, 0.3) is 0 Å². The number of hydrogen-bond donors (Lipinski definition) is 1. The van der Waals surface area contributed by atoms with E-state index in [2.05, 4.69) is 17.3 Å². The van der Waals surface area contributed by atoms with Crippen LogP contribution in [0.2, 0.25) is 0 Å². The predicted molar refractivity (Wildman–Crippen MR) is 69.9 cm³/mol. The van der Waals surface area contributed by atoms with Crippen molar-refractivity contribution in [3.8, 4) is 0 Å². The maximum absolute atomic E-state index is 4.16. The molecule has 1 unspecified atom stereocenters. The zero-order valence-corrected chi connectivity index (χ0v) is 10.9. The lowest BCUT2D eigenvalue weighted by Gasteiger charge is -2.25. The van der Waals surface area contributed by atoms with Gasteiger partial charge in [0.15, 0.2) is 0 Å². The first-order chi connectivity index (χ1) is 7.90. The van der Waals surface area contributed by atoms with Gasteiger partial charge in [-0.05, 0) is 32.2 Å². The number of hydrogen-bond acceptors (Lipinski definition) is 3. The lowest BCUT2D eigenvalue weighted by atomic mass is 9.89. The van der Waals surface area contributed by atoms with E-state index in [0.29, 0.717) is 6.04 Å². The SMILES string of the molecule is CNC(Cc1cncs1)C1CCCCCC1. The van der Waals surface area contributed by atoms with E-state index in [9.17, 15) is 0 Å². The summed E-state index contributed by atoms with van der Waals surface area (Å²) in [7, 11) is 2.11. The number of rotatable bonds is 4. The van der Waals surface area contributed by atoms with Gasteiger partial charge in [-0.1, -0.05) is 25.7 Å². The monoisotopic (exact) mass is 238 g/mol. The Morgan fingerprint density at radius 3 is 2.69 bits per heavy atom. The summed E-state index contributed by atoms with van der Waals surface area (Å²) in [4.78, 5) is 5.58. The molecule has 16 heavy (non-hydrogen) atoms. The third kappa shape index (κ3) is 3.29. The molecule has 1 saturated carbocycles. The maximum atomic E-state index is 4.16. The lowest BCUT2D eigenvalue weighted by Crippen LogP contribution is -2.35. The van der Waals surface area contributed by atoms with Crippen molar-refractivity contribution in [2.75, 3.05) is 7.05 Å². The molecule has 0 radical (unpaired) electrons. The topological polar surface area (TPSA) is 24.9 Å². The summed E-state index contributed by atoms with van der Waals surface area (Å²) in [5.41, 5.74) is 1.94. The molecule has 2 rings (SSSR count). The van der Waals surface area contributed by atoms with Crippen LogP contribution in [-0.4, -0.2) is 18.1 Å². The first kappa shape index (κ1) is 12.1. The molecule has 1 aromatic heterocycles. The number of aromatic nitrogens is 1. The minimum atomic E-state index is 0.651. The zero-order valence-electron chi connectivity index (χ0n) is 10.1. The molecular weight excluding hydrogens is 216 g/mol. The van der Waals surface area contributed by atoms with Gasteiger partial charge in [0.1, 0.15) is 0 Å². The number of nitrogens with zero attached hydrogens (tertiary/aromatic N) is 1. The summed E-state index contributed by atoms with van der Waals surface area (Å²) in [5, 5.41) is 3.52. The van der Waals surface area contributed by atoms with Gasteiger partial charge in [-0.3, -0.25) is 4.98 Å². The van der Waals surface area contributed by atoms with Crippen LogP contribution in [0, 0.1) is 5.92 Å². The van der Waals surface area contributed by atoms with Crippen LogP contribution < -0.4 is 5.32 Å². The van der Waals surface area contributed by atoms with Gasteiger partial charge in [-0.15, -0.1) is 11.3 Å². The van der Waals surface area contributed by atoms with E-state index in [1.54, 1.807) is 11.3 Å². The molecule has 0 spiro atoms. The van der Waals surface area contributed by atoms with Crippen molar-refractivity contribution in [3.63, 3.8) is 0 Å². The Morgan fingerprint density at radius 2 is 2.12 bits per heavy atom. The highest BCUT2D eigenvalue weighted by Crippen LogP contribution is 2.27. The molecule has 0 amide bonds. The molecule has 0 saturated heterocycles. The summed E-state index contributed by atoms with van der Waals surface area (Å²) >= 11 is 1.78. The molecule has 1 aliphatic rings. The highest BCUT2D eigenvalue weighted by atomic mass is 32.1. The predicted octanol–water partition coefficient (Wildman–Crippen LogP) is 3.24. The van der Waals surface area contributed by atoms with Gasteiger partial charge in [-0.2, -0.15) is 0 Å². The van der Waals surface area contributed by atoms with Crippen LogP contribution in [0.3, 0.4) is 0 Å². The molecule has 1 aliphatic carbocycles. The fraction of sp³-hybridized carbons (Fsp3) is 0.769. The second-order valence-corrected chi connectivity index (χ2v) is 5.79. The lowest BCUT2D eigenvalue weighted by molar-refractivity contribution is 0.334. The molecule has 90 valence electrons. The third-order valence-electron chi connectivity index (χ3n) is 3.74. The summed E-state index contributed by atoms with van der Waals surface area (Å²) in [6.07, 6.45) is 11.7. The largest absolute Gasteiger partial charge is 0.316 e. The Kier molecular flexibility index (Phi) is 4.79. The van der Waals surface area contributed by atoms with Crippen LogP contribution in [0.4, 0.5) is 0 Å². The second-order valence-electron chi connectivity index (χ2n) is 4.82. The summed E-state index contributed by atoms with van der Waals surface area (Å²) < 4.78 is 0. The van der Waals surface area contributed by atoms with Crippen LogP contribution in [0.1, 0.15) is 43.4 Å². The van der Waals surface area contributed by atoms with E-state index in [4.69, 9.17) is 0 Å². The normalized spacial score (nSPS) is 20.6. The summed E-state index contributed by atoms with van der Waals surface area (Å²) in [6, 6.07) is 0.651. The first-order valence-corrected chi connectivity index (χ1v) is 7.32. The Morgan fingerprint density at radius 1 is 1.38 bits per heavy atom. The minimum Gasteiger partial charge on any atom is -0.316 e. The molecule has 0 aliphatic heterocycles. The highest BCUT2D eigenvalue weighted by Gasteiger charge is 2.21. The second kappa shape index (κ2) is 6.36. The molecule has 2 nitrogen and oxygen atoms in total. The van der Waals surface area contributed by atoms with E-state index in [-0.39, 0.29) is 0 Å². The van der Waals surface area contributed by atoms with E-state index in [1.807, 2.05) is 11.7 Å². The van der Waals surface area contributed by atoms with Crippen molar-refractivity contribution in [2.24, 2.45) is 5.92 Å². The molecule has 1 aromatic rings. The Labute approximate surface area is 102 Å². The van der Waals surface area contributed by atoms with Crippen molar-refractivity contribution in [1.29, 1.82) is 0 Å². The van der Waals surface area contributed by atoms with E-state index in [1.165, 1.54) is 43.4 Å². The standard InChI is InChI=1S/C13H22N2S/c1-14-13(8-12-9-15-10-16-12)11-6-4-2-3-5-7-11/h9-11,13-14H,2-8H2,1H3. The summed E-state index contributed by atoms with van der Waals surface area (Å²) in [6.45, 7) is 0. The van der Waals surface area contributed by atoms with Gasteiger partial charge >= 0.3 is 0 Å². The third-order valence-corrected chi connectivity index (χ3v) is 4.55. The van der Waals surface area contributed by atoms with E-state index >= 15 is 0 Å². The van der Waals surface area contributed by atoms with Crippen molar-refractivity contribution in [1.82, 2.24) is 10.3 Å². The number of thiazole rings is 1. The van der Waals surface area contributed by atoms with Gasteiger partial charge < -0.3 is 5.32 Å². The maximum Gasteiger partial charge on any atom is 0.0794 e. The molecule has 1 heterocycles. The zero-order chi connectivity index (χ0) is 11.2. The summed E-state index contributed by atoms with van der Waals surface area (Å²) in [5.74, 6) is 0.870. The van der Waals surface area contributed by atoms with Crippen molar-refractivity contribution in [2.45, 2.75) is 51.0 Å². The molecule has 3 heteroatoms. The number of nitrogens with one attached hydrogen (secondary N) is 1. The van der Waals surface area contributed by atoms with Crippen LogP contribution >= 0.6 is 11.3 Å². The quantitative estimate of drug-likeness (QED) is 0.815. The van der Waals surface area contributed by atoms with Gasteiger partial charge in [-0.25, -0.2) is 0 Å². The van der Waals surface area contributed by atoms with Crippen molar-refractivity contribution < 1.29 is 0 Å². The van der Waals surface area contributed by atoms with Gasteiger partial charge in [0.05, 0.1) is 5.51 Å². The molecule has 0 aromatic carbocycles. The fourth-order valence-electron chi connectivity index (χ4n) is 2.78. The van der Waals surface area contributed by atoms with E-state index < -0.39 is 0 Å². The van der Waals surface area contributed by atoms with Gasteiger partial charge in [0, 0.05) is 17.1 Å². The molecule has 0 bridgehead atoms. The average Bonchev–Trinajstić information content (AvgIpc) is 2.67. The minimum absolute atomic E-state index is 0.651. The Bertz CT molecular complexity index is 276. The Hall–Kier alpha value is -0.410. The van der Waals surface area contributed by atoms with Crippen molar-refractivity contribution in [3.05, 3.63) is 16.6 Å². The van der Waals surface area contributed by atoms with Gasteiger partial charge in [0.25, 0.3) is 0 Å². The molecule has 1 N–H and O–H groups in total. The first-order valence-electron chi connectivity index (χ1n) is 6.45. The van der Waals surface area contributed by atoms with Crippen molar-refractivity contribution >= 4 is 11.3 Å². The fourth-order valence-corrected chi connectivity index (χ4v) is 3.43. The molecular formula is C13H22N2S. The van der Waals surface area contributed by atoms with Crippen LogP contribution in [0.15, 0.2) is 11.7 Å². The smallest absolute Gasteiger partial charge is 0.0794 e. The molecule has 1 fully saturated rings. The van der Waals surface area contributed by atoms with Crippen LogP contribution in [-0.2, 0) is 6.42 Å². The number of likely N-dealkylation sites (N-methyl/N-ethyl adjacent to an activating group) is 1. The average molecular weight is 238 g/mol.